The van der Waals surface area contributed by atoms with E-state index in [-0.39, 0.29) is 10.8 Å². The first-order valence-corrected chi connectivity index (χ1v) is 21.8. The fourth-order valence-corrected chi connectivity index (χ4v) is 11.0. The van der Waals surface area contributed by atoms with Gasteiger partial charge in [-0.3, -0.25) is 0 Å². The van der Waals surface area contributed by atoms with Crippen LogP contribution in [0.5, 0.6) is 0 Å². The molecule has 0 atom stereocenters. The van der Waals surface area contributed by atoms with E-state index in [2.05, 4.69) is 227 Å². The molecule has 2 aliphatic carbocycles. The molecule has 0 N–H and O–H groups in total. The Hall–Kier alpha value is -7.42. The van der Waals surface area contributed by atoms with Crippen molar-refractivity contribution in [2.75, 3.05) is 4.90 Å². The van der Waals surface area contributed by atoms with Gasteiger partial charge >= 0.3 is 0 Å². The molecule has 2 nitrogen and oxygen atoms in total. The molecule has 1 aromatic heterocycles. The third-order valence-corrected chi connectivity index (χ3v) is 13.9. The monoisotopic (exact) mass is 795 g/mol. The van der Waals surface area contributed by atoms with Gasteiger partial charge in [0.15, 0.2) is 0 Å². The minimum atomic E-state index is -0.222. The lowest BCUT2D eigenvalue weighted by atomic mass is 9.81. The molecule has 1 heterocycles. The zero-order valence-electron chi connectivity index (χ0n) is 35.4. The number of para-hydroxylation sites is 2. The summed E-state index contributed by atoms with van der Waals surface area (Å²) < 4.78 is 6.32. The first-order chi connectivity index (χ1) is 30.3. The van der Waals surface area contributed by atoms with Crippen molar-refractivity contribution in [3.8, 4) is 55.6 Å². The van der Waals surface area contributed by atoms with Crippen LogP contribution in [-0.2, 0) is 10.8 Å². The van der Waals surface area contributed by atoms with E-state index in [9.17, 15) is 0 Å². The summed E-state index contributed by atoms with van der Waals surface area (Å²) in [5, 5.41) is 2.28. The highest BCUT2D eigenvalue weighted by atomic mass is 16.3. The smallest absolute Gasteiger partial charge is 0.136 e. The number of anilines is 3. The van der Waals surface area contributed by atoms with E-state index in [4.69, 9.17) is 4.42 Å². The zero-order chi connectivity index (χ0) is 41.7. The lowest BCUT2D eigenvalue weighted by Gasteiger charge is -2.33. The minimum absolute atomic E-state index is 0.0468. The standard InChI is InChI=1S/C60H45NO/c1-59(2)50-25-11-8-20-45(50)49-37-39(33-36-52(49)59)41-17-5-6-18-43(41)46-21-9-13-27-53(46)61(54-28-15-24-47-44-19-7-12-26-51(44)60(3,4)58(47)54)40-34-31-38(32-35-40)42-23-16-30-56-57(42)48-22-10-14-29-55(48)62-56/h5-37H,1-4H3. The fourth-order valence-electron chi connectivity index (χ4n) is 11.0. The van der Waals surface area contributed by atoms with Crippen LogP contribution in [0.2, 0.25) is 0 Å². The number of hydrogen-bond donors (Lipinski definition) is 0. The van der Waals surface area contributed by atoms with Gasteiger partial charge in [-0.05, 0) is 115 Å². The minimum Gasteiger partial charge on any atom is -0.456 e. The fraction of sp³-hybridized carbons (Fsp3) is 0.100. The van der Waals surface area contributed by atoms with Crippen LogP contribution in [0, 0.1) is 0 Å². The number of rotatable bonds is 6. The van der Waals surface area contributed by atoms with Crippen LogP contribution in [0.1, 0.15) is 49.9 Å². The average molecular weight is 796 g/mol. The molecule has 0 radical (unpaired) electrons. The van der Waals surface area contributed by atoms with Crippen LogP contribution in [0.25, 0.3) is 77.6 Å². The van der Waals surface area contributed by atoms with Gasteiger partial charge in [-0.2, -0.15) is 0 Å². The lowest BCUT2D eigenvalue weighted by molar-refractivity contribution is 0.660. The van der Waals surface area contributed by atoms with Crippen LogP contribution >= 0.6 is 0 Å². The predicted octanol–water partition coefficient (Wildman–Crippen LogP) is 16.7. The Morgan fingerprint density at radius 3 is 1.68 bits per heavy atom. The van der Waals surface area contributed by atoms with Gasteiger partial charge in [0, 0.05) is 32.9 Å². The summed E-state index contributed by atoms with van der Waals surface area (Å²) >= 11 is 0. The highest BCUT2D eigenvalue weighted by Crippen LogP contribution is 2.56. The molecule has 2 aliphatic rings. The molecule has 296 valence electrons. The van der Waals surface area contributed by atoms with Gasteiger partial charge in [-0.15, -0.1) is 0 Å². The van der Waals surface area contributed by atoms with Crippen molar-refractivity contribution in [1.82, 2.24) is 0 Å². The number of nitrogens with zero attached hydrogens (tertiary/aromatic N) is 1. The topological polar surface area (TPSA) is 16.4 Å². The molecule has 62 heavy (non-hydrogen) atoms. The second-order valence-corrected chi connectivity index (χ2v) is 18.0. The number of hydrogen-bond acceptors (Lipinski definition) is 2. The van der Waals surface area contributed by atoms with E-state index >= 15 is 0 Å². The first kappa shape index (κ1) is 36.4. The van der Waals surface area contributed by atoms with Crippen molar-refractivity contribution in [3.05, 3.63) is 222 Å². The van der Waals surface area contributed by atoms with Crippen LogP contribution in [0.4, 0.5) is 17.1 Å². The highest BCUT2D eigenvalue weighted by Gasteiger charge is 2.39. The van der Waals surface area contributed by atoms with Crippen LogP contribution in [-0.4, -0.2) is 0 Å². The SMILES string of the molecule is CC1(C)c2ccccc2-c2cc(-c3ccccc3-c3ccccc3N(c3ccc(-c4cccc5oc6ccccc6c45)cc3)c3cccc4c3C(C)(C)c3ccccc3-4)ccc21. The maximum absolute atomic E-state index is 6.32. The molecular formula is C60H45NO. The second kappa shape index (κ2) is 13.5. The molecule has 0 bridgehead atoms. The number of furan rings is 1. The van der Waals surface area contributed by atoms with Gasteiger partial charge in [-0.25, -0.2) is 0 Å². The Balaban J connectivity index is 1.06. The van der Waals surface area contributed by atoms with Gasteiger partial charge in [-0.1, -0.05) is 185 Å². The van der Waals surface area contributed by atoms with E-state index in [1.54, 1.807) is 0 Å². The Morgan fingerprint density at radius 1 is 0.355 bits per heavy atom. The molecule has 0 unspecified atom stereocenters. The van der Waals surface area contributed by atoms with Crippen molar-refractivity contribution in [3.63, 3.8) is 0 Å². The van der Waals surface area contributed by atoms with Gasteiger partial charge in [0.2, 0.25) is 0 Å². The van der Waals surface area contributed by atoms with Crippen molar-refractivity contribution >= 4 is 39.0 Å². The summed E-state index contributed by atoms with van der Waals surface area (Å²) in [5.41, 5.74) is 22.8. The van der Waals surface area contributed by atoms with E-state index < -0.39 is 0 Å². The summed E-state index contributed by atoms with van der Waals surface area (Å²) in [6, 6.07) is 73.6. The second-order valence-electron chi connectivity index (χ2n) is 18.0. The van der Waals surface area contributed by atoms with Gasteiger partial charge < -0.3 is 9.32 Å². The van der Waals surface area contributed by atoms with Gasteiger partial charge in [0.25, 0.3) is 0 Å². The molecule has 0 saturated carbocycles. The van der Waals surface area contributed by atoms with E-state index in [1.807, 2.05) is 6.07 Å². The maximum atomic E-state index is 6.32. The number of fused-ring (bicyclic) bond motifs is 9. The van der Waals surface area contributed by atoms with Gasteiger partial charge in [0.05, 0.1) is 11.4 Å². The van der Waals surface area contributed by atoms with Crippen molar-refractivity contribution in [2.24, 2.45) is 0 Å². The maximum Gasteiger partial charge on any atom is 0.136 e. The summed E-state index contributed by atoms with van der Waals surface area (Å²) in [5.74, 6) is 0. The normalized spacial score (nSPS) is 14.1. The molecule has 12 rings (SSSR count). The molecule has 10 aromatic rings. The third kappa shape index (κ3) is 5.29. The van der Waals surface area contributed by atoms with Crippen molar-refractivity contribution in [1.29, 1.82) is 0 Å². The Kier molecular flexibility index (Phi) is 7.96. The quantitative estimate of drug-likeness (QED) is 0.167. The molecular weight excluding hydrogens is 751 g/mol. The molecule has 9 aromatic carbocycles. The van der Waals surface area contributed by atoms with Crippen molar-refractivity contribution in [2.45, 2.75) is 38.5 Å². The first-order valence-electron chi connectivity index (χ1n) is 21.8. The summed E-state index contributed by atoms with van der Waals surface area (Å²) in [7, 11) is 0. The lowest BCUT2D eigenvalue weighted by Crippen LogP contribution is -2.21. The Bertz CT molecular complexity index is 3420. The largest absolute Gasteiger partial charge is 0.456 e. The summed E-state index contributed by atoms with van der Waals surface area (Å²) in [6.07, 6.45) is 0. The number of benzene rings is 9. The van der Waals surface area contributed by atoms with E-state index in [1.165, 1.54) is 72.4 Å². The van der Waals surface area contributed by atoms with Crippen LogP contribution < -0.4 is 4.90 Å². The molecule has 0 fully saturated rings. The average Bonchev–Trinajstić information content (AvgIpc) is 3.89. The molecule has 0 spiro atoms. The summed E-state index contributed by atoms with van der Waals surface area (Å²) in [6.45, 7) is 9.46. The Labute approximate surface area is 363 Å². The third-order valence-electron chi connectivity index (χ3n) is 13.9. The highest BCUT2D eigenvalue weighted by molar-refractivity contribution is 6.12. The molecule has 2 heteroatoms. The van der Waals surface area contributed by atoms with Crippen molar-refractivity contribution < 1.29 is 4.42 Å². The summed E-state index contributed by atoms with van der Waals surface area (Å²) in [4.78, 5) is 2.51. The zero-order valence-corrected chi connectivity index (χ0v) is 35.4. The van der Waals surface area contributed by atoms with Crippen LogP contribution in [0.15, 0.2) is 205 Å². The van der Waals surface area contributed by atoms with Gasteiger partial charge in [0.1, 0.15) is 11.2 Å². The molecule has 0 saturated heterocycles. The van der Waals surface area contributed by atoms with Crippen LogP contribution in [0.3, 0.4) is 0 Å². The molecule has 0 aliphatic heterocycles. The molecule has 0 amide bonds. The van der Waals surface area contributed by atoms with E-state index in [0.717, 1.165) is 44.4 Å². The Morgan fingerprint density at radius 2 is 0.887 bits per heavy atom. The predicted molar refractivity (Wildman–Crippen MR) is 260 cm³/mol. The van der Waals surface area contributed by atoms with E-state index in [0.29, 0.717) is 0 Å².